The number of nitrogens with zero attached hydrogens (tertiary/aromatic N) is 3. The number of fused-ring (bicyclic) bond motifs is 1. The summed E-state index contributed by atoms with van der Waals surface area (Å²) < 4.78 is 2.25. The van der Waals surface area contributed by atoms with Crippen molar-refractivity contribution in [3.8, 4) is 0 Å². The van der Waals surface area contributed by atoms with Crippen molar-refractivity contribution in [3.63, 3.8) is 0 Å². The summed E-state index contributed by atoms with van der Waals surface area (Å²) in [6, 6.07) is 2.03. The van der Waals surface area contributed by atoms with Crippen LogP contribution in [0.15, 0.2) is 18.5 Å². The van der Waals surface area contributed by atoms with Crippen molar-refractivity contribution in [3.05, 3.63) is 24.3 Å². The summed E-state index contributed by atoms with van der Waals surface area (Å²) in [6.45, 7) is 3.08. The van der Waals surface area contributed by atoms with E-state index in [1.807, 2.05) is 18.5 Å². The smallest absolute Gasteiger partial charge is 0.111 e. The van der Waals surface area contributed by atoms with Crippen molar-refractivity contribution in [1.29, 1.82) is 0 Å². The van der Waals surface area contributed by atoms with Gasteiger partial charge in [-0.25, -0.2) is 4.98 Å². The molecule has 0 amide bonds. The van der Waals surface area contributed by atoms with E-state index in [0.29, 0.717) is 0 Å². The van der Waals surface area contributed by atoms with E-state index in [1.54, 1.807) is 0 Å². The highest BCUT2D eigenvalue weighted by molar-refractivity contribution is 5.74. The number of nitrogens with two attached hydrogens (primary N) is 1. The Morgan fingerprint density at radius 1 is 1.47 bits per heavy atom. The summed E-state index contributed by atoms with van der Waals surface area (Å²) in [4.78, 5) is 8.80. The van der Waals surface area contributed by atoms with Crippen molar-refractivity contribution < 1.29 is 0 Å². The van der Waals surface area contributed by atoms with Gasteiger partial charge in [0.05, 0.1) is 11.7 Å². The highest BCUT2D eigenvalue weighted by Crippen LogP contribution is 2.32. The highest BCUT2D eigenvalue weighted by atomic mass is 15.1. The Bertz CT molecular complexity index is 539. The molecular weight excluding hydrogens is 212 g/mol. The van der Waals surface area contributed by atoms with Crippen LogP contribution in [0, 0.1) is 0 Å². The molecule has 1 fully saturated rings. The van der Waals surface area contributed by atoms with Gasteiger partial charge in [0.1, 0.15) is 11.3 Å². The lowest BCUT2D eigenvalue weighted by Gasteiger charge is -2.37. The van der Waals surface area contributed by atoms with Crippen LogP contribution >= 0.6 is 0 Å². The van der Waals surface area contributed by atoms with Crippen molar-refractivity contribution in [2.45, 2.75) is 44.7 Å². The molecule has 0 radical (unpaired) electrons. The van der Waals surface area contributed by atoms with Crippen LogP contribution < -0.4 is 5.73 Å². The van der Waals surface area contributed by atoms with Crippen LogP contribution in [-0.2, 0) is 13.0 Å². The van der Waals surface area contributed by atoms with Gasteiger partial charge in [0.25, 0.3) is 0 Å². The molecule has 2 N–H and O–H groups in total. The first kappa shape index (κ1) is 10.7. The molecule has 0 saturated heterocycles. The van der Waals surface area contributed by atoms with Gasteiger partial charge in [0, 0.05) is 24.7 Å². The normalized spacial score (nSPS) is 18.2. The number of hydrogen-bond donors (Lipinski definition) is 1. The van der Waals surface area contributed by atoms with Crippen molar-refractivity contribution in [2.24, 2.45) is 5.73 Å². The van der Waals surface area contributed by atoms with Crippen LogP contribution in [0.2, 0.25) is 0 Å². The third kappa shape index (κ3) is 1.72. The SMILES string of the molecule is CCn1c(CC2(N)CCC2)nc2cnccc21. The standard InChI is InChI=1S/C13H18N4/c1-2-17-11-4-7-15-9-10(11)16-12(17)8-13(14)5-3-6-13/h4,7,9H,2-3,5-6,8,14H2,1H3. The quantitative estimate of drug-likeness (QED) is 0.875. The number of aromatic nitrogens is 3. The van der Waals surface area contributed by atoms with Gasteiger partial charge in [-0.3, -0.25) is 4.98 Å². The van der Waals surface area contributed by atoms with E-state index < -0.39 is 0 Å². The highest BCUT2D eigenvalue weighted by Gasteiger charge is 2.34. The largest absolute Gasteiger partial charge is 0.328 e. The van der Waals surface area contributed by atoms with E-state index in [9.17, 15) is 0 Å². The average Bonchev–Trinajstić information content (AvgIpc) is 2.64. The summed E-state index contributed by atoms with van der Waals surface area (Å²) >= 11 is 0. The lowest BCUT2D eigenvalue weighted by molar-refractivity contribution is 0.241. The number of rotatable bonds is 3. The van der Waals surface area contributed by atoms with Gasteiger partial charge < -0.3 is 10.3 Å². The monoisotopic (exact) mass is 230 g/mol. The van der Waals surface area contributed by atoms with Gasteiger partial charge in [-0.2, -0.15) is 0 Å². The number of pyridine rings is 1. The summed E-state index contributed by atoms with van der Waals surface area (Å²) in [5.41, 5.74) is 8.45. The fourth-order valence-corrected chi connectivity index (χ4v) is 2.64. The minimum absolute atomic E-state index is 0.0122. The van der Waals surface area contributed by atoms with Gasteiger partial charge in [0.2, 0.25) is 0 Å². The fraction of sp³-hybridized carbons (Fsp3) is 0.538. The summed E-state index contributed by atoms with van der Waals surface area (Å²) in [5, 5.41) is 0. The van der Waals surface area contributed by atoms with Crippen LogP contribution in [0.3, 0.4) is 0 Å². The first-order valence-electron chi connectivity index (χ1n) is 6.30. The third-order valence-electron chi connectivity index (χ3n) is 3.81. The van der Waals surface area contributed by atoms with Crippen LogP contribution in [-0.4, -0.2) is 20.1 Å². The summed E-state index contributed by atoms with van der Waals surface area (Å²) in [7, 11) is 0. The molecule has 1 aliphatic carbocycles. The molecule has 0 bridgehead atoms. The Labute approximate surface area is 101 Å². The zero-order chi connectivity index (χ0) is 11.9. The van der Waals surface area contributed by atoms with E-state index in [0.717, 1.165) is 37.1 Å². The molecule has 2 aromatic heterocycles. The van der Waals surface area contributed by atoms with Gasteiger partial charge in [0.15, 0.2) is 0 Å². The molecule has 1 saturated carbocycles. The van der Waals surface area contributed by atoms with Gasteiger partial charge in [-0.1, -0.05) is 0 Å². The second kappa shape index (κ2) is 3.81. The number of aryl methyl sites for hydroxylation is 1. The Hall–Kier alpha value is -1.42. The maximum absolute atomic E-state index is 6.31. The van der Waals surface area contributed by atoms with E-state index in [1.165, 1.54) is 11.9 Å². The minimum Gasteiger partial charge on any atom is -0.328 e. The van der Waals surface area contributed by atoms with Crippen LogP contribution in [0.4, 0.5) is 0 Å². The Morgan fingerprint density at radius 3 is 2.94 bits per heavy atom. The van der Waals surface area contributed by atoms with E-state index >= 15 is 0 Å². The maximum Gasteiger partial charge on any atom is 0.111 e. The molecule has 1 aliphatic rings. The number of hydrogen-bond acceptors (Lipinski definition) is 3. The lowest BCUT2D eigenvalue weighted by Crippen LogP contribution is -2.48. The van der Waals surface area contributed by atoms with Gasteiger partial charge >= 0.3 is 0 Å². The van der Waals surface area contributed by atoms with Gasteiger partial charge in [-0.15, -0.1) is 0 Å². The molecule has 0 atom stereocenters. The zero-order valence-electron chi connectivity index (χ0n) is 10.2. The Kier molecular flexibility index (Phi) is 2.40. The second-order valence-corrected chi connectivity index (χ2v) is 5.03. The Balaban J connectivity index is 2.03. The first-order valence-corrected chi connectivity index (χ1v) is 6.30. The third-order valence-corrected chi connectivity index (χ3v) is 3.81. The molecule has 90 valence electrons. The molecule has 3 rings (SSSR count). The Morgan fingerprint density at radius 2 is 2.29 bits per heavy atom. The molecular formula is C13H18N4. The average molecular weight is 230 g/mol. The summed E-state index contributed by atoms with van der Waals surface area (Å²) in [6.07, 6.45) is 8.03. The maximum atomic E-state index is 6.31. The fourth-order valence-electron chi connectivity index (χ4n) is 2.64. The molecule has 2 heterocycles. The van der Waals surface area contributed by atoms with E-state index in [-0.39, 0.29) is 5.54 Å². The zero-order valence-corrected chi connectivity index (χ0v) is 10.2. The minimum atomic E-state index is -0.0122. The van der Waals surface area contributed by atoms with Crippen LogP contribution in [0.5, 0.6) is 0 Å². The molecule has 0 spiro atoms. The summed E-state index contributed by atoms with van der Waals surface area (Å²) in [5.74, 6) is 1.11. The molecule has 0 unspecified atom stereocenters. The number of imidazole rings is 1. The van der Waals surface area contributed by atoms with Crippen LogP contribution in [0.25, 0.3) is 11.0 Å². The van der Waals surface area contributed by atoms with Crippen molar-refractivity contribution in [1.82, 2.24) is 14.5 Å². The molecule has 0 aliphatic heterocycles. The predicted octanol–water partition coefficient (Wildman–Crippen LogP) is 1.88. The predicted molar refractivity (Wildman–Crippen MR) is 67.7 cm³/mol. The molecule has 4 heteroatoms. The molecule has 2 aromatic rings. The second-order valence-electron chi connectivity index (χ2n) is 5.03. The first-order chi connectivity index (χ1) is 8.22. The lowest BCUT2D eigenvalue weighted by atomic mass is 9.75. The molecule has 0 aromatic carbocycles. The topological polar surface area (TPSA) is 56.7 Å². The van der Waals surface area contributed by atoms with Crippen molar-refractivity contribution >= 4 is 11.0 Å². The molecule has 17 heavy (non-hydrogen) atoms. The van der Waals surface area contributed by atoms with E-state index in [4.69, 9.17) is 5.73 Å². The van der Waals surface area contributed by atoms with Crippen molar-refractivity contribution in [2.75, 3.05) is 0 Å². The van der Waals surface area contributed by atoms with Crippen LogP contribution in [0.1, 0.15) is 32.0 Å². The van der Waals surface area contributed by atoms with E-state index in [2.05, 4.69) is 21.5 Å². The van der Waals surface area contributed by atoms with Gasteiger partial charge in [-0.05, 0) is 32.3 Å². The molecule has 4 nitrogen and oxygen atoms in total.